The number of ether oxygens (including phenoxy) is 1. The fourth-order valence-electron chi connectivity index (χ4n) is 4.09. The van der Waals surface area contributed by atoms with Crippen LogP contribution in [0.1, 0.15) is 39.4 Å². The summed E-state index contributed by atoms with van der Waals surface area (Å²) in [7, 11) is 0. The number of nitrogens with zero attached hydrogens (tertiary/aromatic N) is 2. The van der Waals surface area contributed by atoms with E-state index in [0.29, 0.717) is 23.9 Å². The molecule has 1 fully saturated rings. The Balaban J connectivity index is 1.13. The average molecular weight is 516 g/mol. The number of benzene rings is 2. The number of aromatic nitrogens is 2. The van der Waals surface area contributed by atoms with Crippen LogP contribution in [0.25, 0.3) is 26.2 Å². The number of carbonyl (C=O) groups excluding carboxylic acids is 1. The van der Waals surface area contributed by atoms with Gasteiger partial charge in [0.25, 0.3) is 0 Å². The van der Waals surface area contributed by atoms with Crippen LogP contribution in [0, 0.1) is 0 Å². The molecule has 0 aliphatic heterocycles. The molecule has 1 aliphatic carbocycles. The standard InChI is InChI=1S/C28H29N5O3S/c1-27(2,3)23-14-24(32-36-23)31-26(34)30-19-6-4-17(5-7-19)18-12-25-33(15-18)21-9-8-20(13-22(21)37-25)35-16-28(29)10-11-28/h4-9,12-15H,10-11,16,29H2,1-3H3,(H2,30,31,32,34). The van der Waals surface area contributed by atoms with E-state index in [4.69, 9.17) is 15.0 Å². The Kier molecular flexibility index (Phi) is 5.50. The summed E-state index contributed by atoms with van der Waals surface area (Å²) < 4.78 is 14.6. The van der Waals surface area contributed by atoms with Crippen molar-refractivity contribution in [2.45, 2.75) is 44.6 Å². The molecule has 3 aromatic heterocycles. The Bertz CT molecular complexity index is 1600. The summed E-state index contributed by atoms with van der Waals surface area (Å²) >= 11 is 1.73. The lowest BCUT2D eigenvalue weighted by Crippen LogP contribution is -2.29. The Morgan fingerprint density at radius 3 is 2.59 bits per heavy atom. The third kappa shape index (κ3) is 4.92. The summed E-state index contributed by atoms with van der Waals surface area (Å²) in [6, 6.07) is 17.5. The number of nitrogens with one attached hydrogen (secondary N) is 2. The minimum Gasteiger partial charge on any atom is -0.492 e. The largest absolute Gasteiger partial charge is 0.492 e. The zero-order valence-corrected chi connectivity index (χ0v) is 21.8. The van der Waals surface area contributed by atoms with Gasteiger partial charge in [-0.25, -0.2) is 4.79 Å². The van der Waals surface area contributed by atoms with Crippen molar-refractivity contribution in [3.05, 3.63) is 66.6 Å². The van der Waals surface area contributed by atoms with Gasteiger partial charge in [-0.15, -0.1) is 11.3 Å². The number of amides is 2. The second-order valence-corrected chi connectivity index (χ2v) is 11.9. The van der Waals surface area contributed by atoms with E-state index in [9.17, 15) is 4.79 Å². The molecule has 5 aromatic rings. The van der Waals surface area contributed by atoms with Gasteiger partial charge in [-0.2, -0.15) is 0 Å². The van der Waals surface area contributed by atoms with Gasteiger partial charge in [0.05, 0.1) is 15.8 Å². The van der Waals surface area contributed by atoms with E-state index in [-0.39, 0.29) is 17.0 Å². The van der Waals surface area contributed by atoms with Gasteiger partial charge >= 0.3 is 6.03 Å². The molecule has 8 nitrogen and oxygen atoms in total. The van der Waals surface area contributed by atoms with E-state index in [0.717, 1.165) is 40.1 Å². The van der Waals surface area contributed by atoms with Crippen molar-refractivity contribution in [3.8, 4) is 16.9 Å². The maximum atomic E-state index is 12.4. The molecule has 2 amide bonds. The van der Waals surface area contributed by atoms with Gasteiger partial charge in [0, 0.05) is 28.9 Å². The lowest BCUT2D eigenvalue weighted by molar-refractivity contribution is 0.262. The number of carbonyl (C=O) groups is 1. The molecular weight excluding hydrogens is 486 g/mol. The van der Waals surface area contributed by atoms with Crippen LogP contribution in [0.5, 0.6) is 5.75 Å². The highest BCUT2D eigenvalue weighted by atomic mass is 32.1. The number of nitrogens with two attached hydrogens (primary N) is 1. The molecule has 0 unspecified atom stereocenters. The molecule has 0 spiro atoms. The minimum absolute atomic E-state index is 0.131. The molecule has 0 atom stereocenters. The number of hydrogen-bond acceptors (Lipinski definition) is 6. The van der Waals surface area contributed by atoms with Gasteiger partial charge in [0.15, 0.2) is 5.82 Å². The Hall–Kier alpha value is -3.82. The number of rotatable bonds is 6. The first kappa shape index (κ1) is 23.6. The van der Waals surface area contributed by atoms with Crippen LogP contribution in [0.4, 0.5) is 16.3 Å². The molecular formula is C28H29N5O3S. The third-order valence-electron chi connectivity index (χ3n) is 6.58. The van der Waals surface area contributed by atoms with Crippen LogP contribution < -0.4 is 21.1 Å². The quantitative estimate of drug-likeness (QED) is 0.236. The summed E-state index contributed by atoms with van der Waals surface area (Å²) in [6.45, 7) is 6.63. The molecule has 37 heavy (non-hydrogen) atoms. The number of thiazole rings is 1. The molecule has 190 valence electrons. The van der Waals surface area contributed by atoms with Crippen molar-refractivity contribution in [3.63, 3.8) is 0 Å². The van der Waals surface area contributed by atoms with E-state index in [1.165, 1.54) is 4.70 Å². The maximum Gasteiger partial charge on any atom is 0.324 e. The van der Waals surface area contributed by atoms with Crippen molar-refractivity contribution in [2.75, 3.05) is 17.2 Å². The molecule has 0 radical (unpaired) electrons. The van der Waals surface area contributed by atoms with Crippen LogP contribution in [0.2, 0.25) is 0 Å². The maximum absolute atomic E-state index is 12.4. The van der Waals surface area contributed by atoms with Gasteiger partial charge < -0.3 is 24.7 Å². The molecule has 1 saturated carbocycles. The van der Waals surface area contributed by atoms with Gasteiger partial charge in [-0.05, 0) is 54.8 Å². The topological polar surface area (TPSA) is 107 Å². The predicted molar refractivity (Wildman–Crippen MR) is 148 cm³/mol. The third-order valence-corrected chi connectivity index (χ3v) is 7.65. The van der Waals surface area contributed by atoms with Crippen molar-refractivity contribution in [2.24, 2.45) is 5.73 Å². The average Bonchev–Trinajstić information content (AvgIpc) is 3.19. The zero-order chi connectivity index (χ0) is 25.8. The molecule has 4 N–H and O–H groups in total. The number of anilines is 2. The first-order chi connectivity index (χ1) is 17.6. The van der Waals surface area contributed by atoms with Crippen molar-refractivity contribution in [1.82, 2.24) is 9.56 Å². The van der Waals surface area contributed by atoms with Crippen LogP contribution >= 0.6 is 11.3 Å². The number of fused-ring (bicyclic) bond motifs is 3. The lowest BCUT2D eigenvalue weighted by atomic mass is 9.93. The van der Waals surface area contributed by atoms with Crippen molar-refractivity contribution < 1.29 is 14.1 Å². The highest BCUT2D eigenvalue weighted by Gasteiger charge is 2.39. The molecule has 1 aliphatic rings. The van der Waals surface area contributed by atoms with Gasteiger partial charge in [0.1, 0.15) is 22.9 Å². The number of urea groups is 1. The van der Waals surface area contributed by atoms with Gasteiger partial charge in [-0.1, -0.05) is 38.1 Å². The smallest absolute Gasteiger partial charge is 0.324 e. The Labute approximate surface area is 218 Å². The highest BCUT2D eigenvalue weighted by molar-refractivity contribution is 7.24. The Morgan fingerprint density at radius 2 is 1.89 bits per heavy atom. The normalized spacial score (nSPS) is 14.7. The summed E-state index contributed by atoms with van der Waals surface area (Å²) in [6.07, 6.45) is 4.21. The van der Waals surface area contributed by atoms with E-state index in [1.54, 1.807) is 17.4 Å². The lowest BCUT2D eigenvalue weighted by Gasteiger charge is -2.12. The zero-order valence-electron chi connectivity index (χ0n) is 21.0. The first-order valence-electron chi connectivity index (χ1n) is 12.3. The van der Waals surface area contributed by atoms with E-state index >= 15 is 0 Å². The molecule has 0 saturated heterocycles. The van der Waals surface area contributed by atoms with E-state index in [2.05, 4.69) is 44.6 Å². The van der Waals surface area contributed by atoms with Crippen molar-refractivity contribution >= 4 is 43.9 Å². The highest BCUT2D eigenvalue weighted by Crippen LogP contribution is 2.36. The fraction of sp³-hybridized carbons (Fsp3) is 0.286. The predicted octanol–water partition coefficient (Wildman–Crippen LogP) is 6.62. The van der Waals surface area contributed by atoms with Crippen LogP contribution in [-0.2, 0) is 5.41 Å². The first-order valence-corrected chi connectivity index (χ1v) is 13.1. The molecule has 9 heteroatoms. The van der Waals surface area contributed by atoms with Crippen LogP contribution in [-0.4, -0.2) is 27.7 Å². The summed E-state index contributed by atoms with van der Waals surface area (Å²) in [5.41, 5.74) is 9.84. The monoisotopic (exact) mass is 515 g/mol. The van der Waals surface area contributed by atoms with Gasteiger partial charge in [0.2, 0.25) is 0 Å². The number of hydrogen-bond donors (Lipinski definition) is 3. The van der Waals surface area contributed by atoms with Gasteiger partial charge in [-0.3, -0.25) is 5.32 Å². The molecule has 2 aromatic carbocycles. The molecule has 6 rings (SSSR count). The second-order valence-electron chi connectivity index (χ2n) is 10.8. The Morgan fingerprint density at radius 1 is 1.11 bits per heavy atom. The fourth-order valence-corrected chi connectivity index (χ4v) is 5.20. The SMILES string of the molecule is CC(C)(C)c1cc(NC(=O)Nc2ccc(-c3cc4sc5cc(OCC6(N)CC6)ccc5n4c3)cc2)no1. The van der Waals surface area contributed by atoms with Crippen LogP contribution in [0.15, 0.2) is 65.3 Å². The molecule has 0 bridgehead atoms. The second kappa shape index (κ2) is 8.64. The molecule has 3 heterocycles. The summed E-state index contributed by atoms with van der Waals surface area (Å²) in [5, 5.41) is 9.47. The van der Waals surface area contributed by atoms with Crippen LogP contribution in [0.3, 0.4) is 0 Å². The van der Waals surface area contributed by atoms with Crippen molar-refractivity contribution in [1.29, 1.82) is 0 Å². The summed E-state index contributed by atoms with van der Waals surface area (Å²) in [4.78, 5) is 13.6. The van der Waals surface area contributed by atoms with E-state index in [1.807, 2.05) is 51.1 Å². The summed E-state index contributed by atoms with van der Waals surface area (Å²) in [5.74, 6) is 1.95. The minimum atomic E-state index is -0.375. The van der Waals surface area contributed by atoms with E-state index < -0.39 is 0 Å².